The molecule has 0 spiro atoms. The van der Waals surface area contributed by atoms with E-state index < -0.39 is 0 Å². The maximum Gasteiger partial charge on any atom is 0.188 e. The van der Waals surface area contributed by atoms with Gasteiger partial charge in [0, 0.05) is 17.2 Å². The first-order chi connectivity index (χ1) is 8.04. The maximum absolute atomic E-state index is 9.37. The summed E-state index contributed by atoms with van der Waals surface area (Å²) in [5.74, 6) is 0.751. The molecule has 1 rings (SSSR count). The molecule has 0 aromatic carbocycles. The standard InChI is InChI=1S/C11H17N3O2S/c1-7(15)8(2)17-6-9-3-4-13-10(5-9)11(12)14-16/h3-5,7-8,15-16H,6H2,1-2H3,(H2,12,14). The Hall–Kier alpha value is -1.27. The van der Waals surface area contributed by atoms with Crippen LogP contribution in [-0.2, 0) is 5.75 Å². The first-order valence-electron chi connectivity index (χ1n) is 5.27. The summed E-state index contributed by atoms with van der Waals surface area (Å²) in [7, 11) is 0. The van der Waals surface area contributed by atoms with Crippen LogP contribution < -0.4 is 5.73 Å². The molecule has 0 saturated heterocycles. The van der Waals surface area contributed by atoms with Crippen molar-refractivity contribution in [2.24, 2.45) is 10.9 Å². The topological polar surface area (TPSA) is 91.7 Å². The first-order valence-corrected chi connectivity index (χ1v) is 6.32. The molecule has 1 aromatic heterocycles. The van der Waals surface area contributed by atoms with Gasteiger partial charge in [-0.15, -0.1) is 0 Å². The first kappa shape index (κ1) is 13.8. The fraction of sp³-hybridized carbons (Fsp3) is 0.455. The number of thioether (sulfide) groups is 1. The molecular formula is C11H17N3O2S. The lowest BCUT2D eigenvalue weighted by Gasteiger charge is -2.13. The highest BCUT2D eigenvalue weighted by molar-refractivity contribution is 7.99. The summed E-state index contributed by atoms with van der Waals surface area (Å²) < 4.78 is 0. The van der Waals surface area contributed by atoms with Gasteiger partial charge < -0.3 is 16.0 Å². The Balaban J connectivity index is 2.66. The van der Waals surface area contributed by atoms with Gasteiger partial charge in [-0.1, -0.05) is 12.1 Å². The summed E-state index contributed by atoms with van der Waals surface area (Å²) >= 11 is 1.64. The van der Waals surface area contributed by atoms with E-state index in [0.717, 1.165) is 11.3 Å². The van der Waals surface area contributed by atoms with Crippen LogP contribution in [0.25, 0.3) is 0 Å². The van der Waals surface area contributed by atoms with Crippen molar-refractivity contribution in [1.29, 1.82) is 0 Å². The van der Waals surface area contributed by atoms with Gasteiger partial charge in [0.15, 0.2) is 5.84 Å². The third-order valence-electron chi connectivity index (χ3n) is 2.39. The van der Waals surface area contributed by atoms with E-state index in [9.17, 15) is 5.11 Å². The Labute approximate surface area is 105 Å². The van der Waals surface area contributed by atoms with Crippen LogP contribution in [0.4, 0.5) is 0 Å². The van der Waals surface area contributed by atoms with Crippen LogP contribution in [0.3, 0.4) is 0 Å². The second-order valence-corrected chi connectivity index (χ2v) is 5.16. The minimum atomic E-state index is -0.342. The van der Waals surface area contributed by atoms with Gasteiger partial charge in [0.05, 0.1) is 6.10 Å². The predicted octanol–water partition coefficient (Wildman–Crippen LogP) is 1.18. The molecule has 0 radical (unpaired) electrons. The third kappa shape index (κ3) is 4.24. The second-order valence-electron chi connectivity index (χ2n) is 3.79. The van der Waals surface area contributed by atoms with Crippen molar-refractivity contribution in [2.45, 2.75) is 31.0 Å². The molecule has 6 heteroatoms. The number of aliphatic hydroxyl groups is 1. The van der Waals surface area contributed by atoms with Gasteiger partial charge >= 0.3 is 0 Å². The quantitative estimate of drug-likeness (QED) is 0.318. The smallest absolute Gasteiger partial charge is 0.188 e. The fourth-order valence-electron chi connectivity index (χ4n) is 1.12. The highest BCUT2D eigenvalue weighted by Crippen LogP contribution is 2.20. The number of nitrogens with two attached hydrogens (primary N) is 1. The van der Waals surface area contributed by atoms with E-state index in [1.165, 1.54) is 0 Å². The van der Waals surface area contributed by atoms with Gasteiger partial charge in [0.1, 0.15) is 5.69 Å². The van der Waals surface area contributed by atoms with E-state index in [4.69, 9.17) is 10.9 Å². The molecule has 0 saturated carbocycles. The number of aromatic nitrogens is 1. The minimum Gasteiger partial charge on any atom is -0.409 e. The SMILES string of the molecule is CC(O)C(C)SCc1ccnc(/C(N)=N/O)c1. The Kier molecular flexibility index (Phi) is 5.24. The van der Waals surface area contributed by atoms with Crippen LogP contribution in [0.15, 0.2) is 23.5 Å². The lowest BCUT2D eigenvalue weighted by atomic mass is 10.2. The highest BCUT2D eigenvalue weighted by Gasteiger charge is 2.09. The van der Waals surface area contributed by atoms with Gasteiger partial charge in [-0.2, -0.15) is 11.8 Å². The van der Waals surface area contributed by atoms with E-state index in [-0.39, 0.29) is 17.2 Å². The molecule has 2 atom stereocenters. The molecule has 0 aliphatic rings. The number of rotatable bonds is 5. The van der Waals surface area contributed by atoms with E-state index in [1.807, 2.05) is 13.0 Å². The zero-order valence-electron chi connectivity index (χ0n) is 9.87. The van der Waals surface area contributed by atoms with Crippen LogP contribution in [0.2, 0.25) is 0 Å². The van der Waals surface area contributed by atoms with Crippen molar-refractivity contribution in [1.82, 2.24) is 4.98 Å². The van der Waals surface area contributed by atoms with Crippen molar-refractivity contribution >= 4 is 17.6 Å². The average Bonchev–Trinajstić information content (AvgIpc) is 2.35. The molecule has 1 aromatic rings. The van der Waals surface area contributed by atoms with Crippen molar-refractivity contribution in [3.05, 3.63) is 29.6 Å². The molecule has 0 bridgehead atoms. The van der Waals surface area contributed by atoms with E-state index in [1.54, 1.807) is 30.9 Å². The van der Waals surface area contributed by atoms with Crippen LogP contribution >= 0.6 is 11.8 Å². The average molecular weight is 255 g/mol. The van der Waals surface area contributed by atoms with Crippen LogP contribution in [-0.4, -0.2) is 32.5 Å². The molecule has 17 heavy (non-hydrogen) atoms. The maximum atomic E-state index is 9.37. The molecule has 5 nitrogen and oxygen atoms in total. The Morgan fingerprint density at radius 2 is 2.29 bits per heavy atom. The van der Waals surface area contributed by atoms with Crippen LogP contribution in [0, 0.1) is 0 Å². The largest absolute Gasteiger partial charge is 0.409 e. The number of hydrogen-bond donors (Lipinski definition) is 3. The highest BCUT2D eigenvalue weighted by atomic mass is 32.2. The molecule has 0 aliphatic heterocycles. The second kappa shape index (κ2) is 6.46. The van der Waals surface area contributed by atoms with Crippen molar-refractivity contribution in [3.8, 4) is 0 Å². The van der Waals surface area contributed by atoms with Gasteiger partial charge in [0.2, 0.25) is 0 Å². The molecule has 0 fully saturated rings. The van der Waals surface area contributed by atoms with E-state index in [0.29, 0.717) is 5.69 Å². The minimum absolute atomic E-state index is 0.000393. The van der Waals surface area contributed by atoms with Gasteiger partial charge in [-0.05, 0) is 24.6 Å². The van der Waals surface area contributed by atoms with E-state index >= 15 is 0 Å². The molecule has 0 aliphatic carbocycles. The van der Waals surface area contributed by atoms with Gasteiger partial charge in [0.25, 0.3) is 0 Å². The number of hydrogen-bond acceptors (Lipinski definition) is 5. The molecular weight excluding hydrogens is 238 g/mol. The lowest BCUT2D eigenvalue weighted by molar-refractivity contribution is 0.196. The summed E-state index contributed by atoms with van der Waals surface area (Å²) in [5.41, 5.74) is 6.94. The lowest BCUT2D eigenvalue weighted by Crippen LogP contribution is -2.16. The Morgan fingerprint density at radius 1 is 1.59 bits per heavy atom. The zero-order chi connectivity index (χ0) is 12.8. The summed E-state index contributed by atoms with van der Waals surface area (Å²) in [6, 6.07) is 3.65. The summed E-state index contributed by atoms with van der Waals surface area (Å²) in [6.07, 6.45) is 1.28. The number of amidine groups is 1. The summed E-state index contributed by atoms with van der Waals surface area (Å²) in [6.45, 7) is 3.74. The normalized spacial score (nSPS) is 15.6. The molecule has 2 unspecified atom stereocenters. The number of aliphatic hydroxyl groups excluding tert-OH is 1. The fourth-order valence-corrected chi connectivity index (χ4v) is 2.04. The number of nitrogens with zero attached hydrogens (tertiary/aromatic N) is 2. The number of pyridine rings is 1. The van der Waals surface area contributed by atoms with Crippen molar-refractivity contribution in [2.75, 3.05) is 0 Å². The van der Waals surface area contributed by atoms with Crippen LogP contribution in [0.1, 0.15) is 25.1 Å². The van der Waals surface area contributed by atoms with Crippen molar-refractivity contribution < 1.29 is 10.3 Å². The summed E-state index contributed by atoms with van der Waals surface area (Å²) in [4.78, 5) is 4.00. The monoisotopic (exact) mass is 255 g/mol. The van der Waals surface area contributed by atoms with Crippen LogP contribution in [0.5, 0.6) is 0 Å². The molecule has 1 heterocycles. The Bertz CT molecular complexity index is 396. The molecule has 4 N–H and O–H groups in total. The molecule has 94 valence electrons. The summed E-state index contributed by atoms with van der Waals surface area (Å²) in [5, 5.41) is 21.0. The van der Waals surface area contributed by atoms with Gasteiger partial charge in [-0.3, -0.25) is 4.98 Å². The van der Waals surface area contributed by atoms with Gasteiger partial charge in [-0.25, -0.2) is 0 Å². The zero-order valence-corrected chi connectivity index (χ0v) is 10.7. The number of oxime groups is 1. The van der Waals surface area contributed by atoms with Crippen molar-refractivity contribution in [3.63, 3.8) is 0 Å². The predicted molar refractivity (Wildman–Crippen MR) is 69.2 cm³/mol. The molecule has 0 amide bonds. The van der Waals surface area contributed by atoms with E-state index in [2.05, 4.69) is 10.1 Å². The third-order valence-corrected chi connectivity index (χ3v) is 3.81. The Morgan fingerprint density at radius 3 is 2.88 bits per heavy atom.